The molecule has 0 saturated carbocycles. The van der Waals surface area contributed by atoms with E-state index in [4.69, 9.17) is 5.73 Å². The average Bonchev–Trinajstić information content (AvgIpc) is 2.92. The Morgan fingerprint density at radius 1 is 1.24 bits per heavy atom. The van der Waals surface area contributed by atoms with Crippen LogP contribution in [0.15, 0.2) is 17.0 Å². The molecule has 0 aliphatic carbocycles. The fourth-order valence-electron chi connectivity index (χ4n) is 2.73. The Hall–Kier alpha value is -1.11. The number of hydrogen-bond acceptors (Lipinski definition) is 4. The summed E-state index contributed by atoms with van der Waals surface area (Å²) in [6.07, 6.45) is 3.35. The predicted octanol–water partition coefficient (Wildman–Crippen LogP) is 1.65. The largest absolute Gasteiger partial charge is 0.399 e. The number of nitrogens with zero attached hydrogens (tertiary/aromatic N) is 1. The summed E-state index contributed by atoms with van der Waals surface area (Å²) in [5.74, 6) is 0. The first-order valence-corrected chi connectivity index (χ1v) is 8.97. The zero-order valence-electron chi connectivity index (χ0n) is 12.9. The number of rotatable bonds is 6. The second kappa shape index (κ2) is 6.77. The summed E-state index contributed by atoms with van der Waals surface area (Å²) < 4.78 is 27.4. The summed E-state index contributed by atoms with van der Waals surface area (Å²) in [6, 6.07) is 3.33. The monoisotopic (exact) mass is 311 g/mol. The molecule has 0 amide bonds. The molecule has 0 atom stereocenters. The van der Waals surface area contributed by atoms with Crippen LogP contribution in [-0.2, 0) is 10.0 Å². The lowest BCUT2D eigenvalue weighted by Gasteiger charge is -2.15. The molecule has 0 bridgehead atoms. The maximum atomic E-state index is 12.4. The highest BCUT2D eigenvalue weighted by molar-refractivity contribution is 7.89. The fourth-order valence-corrected chi connectivity index (χ4v) is 4.15. The minimum absolute atomic E-state index is 0.293. The predicted molar refractivity (Wildman–Crippen MR) is 85.8 cm³/mol. The van der Waals surface area contributed by atoms with Crippen molar-refractivity contribution in [2.75, 3.05) is 31.9 Å². The van der Waals surface area contributed by atoms with Gasteiger partial charge in [-0.05, 0) is 76.0 Å². The first-order chi connectivity index (χ1) is 9.90. The number of sulfonamides is 1. The zero-order chi connectivity index (χ0) is 15.5. The molecule has 21 heavy (non-hydrogen) atoms. The van der Waals surface area contributed by atoms with Gasteiger partial charge in [0.15, 0.2) is 0 Å². The summed E-state index contributed by atoms with van der Waals surface area (Å²) in [4.78, 5) is 2.67. The Bertz CT molecular complexity index is 593. The first-order valence-electron chi connectivity index (χ1n) is 7.49. The van der Waals surface area contributed by atoms with Crippen LogP contribution in [-0.4, -0.2) is 39.5 Å². The van der Waals surface area contributed by atoms with Crippen LogP contribution in [0.2, 0.25) is 0 Å². The third-order valence-corrected chi connectivity index (χ3v) is 5.66. The Morgan fingerprint density at radius 2 is 1.90 bits per heavy atom. The van der Waals surface area contributed by atoms with Gasteiger partial charge < -0.3 is 10.6 Å². The standard InChI is InChI=1S/C15H25N3O2S/c1-12-10-14(16)11-15(13(12)2)21(19,20)17-6-5-9-18-7-3-4-8-18/h10-11,17H,3-9,16H2,1-2H3. The lowest BCUT2D eigenvalue weighted by molar-refractivity contribution is 0.334. The van der Waals surface area contributed by atoms with Crippen molar-refractivity contribution < 1.29 is 8.42 Å². The molecule has 0 spiro atoms. The van der Waals surface area contributed by atoms with Crippen molar-refractivity contribution >= 4 is 15.7 Å². The Morgan fingerprint density at radius 3 is 2.57 bits per heavy atom. The lowest BCUT2D eigenvalue weighted by Crippen LogP contribution is -2.29. The van der Waals surface area contributed by atoms with E-state index in [1.54, 1.807) is 6.07 Å². The lowest BCUT2D eigenvalue weighted by atomic mass is 10.1. The van der Waals surface area contributed by atoms with Gasteiger partial charge >= 0.3 is 0 Å². The van der Waals surface area contributed by atoms with Gasteiger partial charge in [-0.1, -0.05) is 0 Å². The van der Waals surface area contributed by atoms with Crippen LogP contribution in [0.25, 0.3) is 0 Å². The Kier molecular flexibility index (Phi) is 5.24. The highest BCUT2D eigenvalue weighted by Gasteiger charge is 2.18. The van der Waals surface area contributed by atoms with E-state index in [-0.39, 0.29) is 0 Å². The summed E-state index contributed by atoms with van der Waals surface area (Å²) in [7, 11) is -3.48. The van der Waals surface area contributed by atoms with Crippen molar-refractivity contribution in [1.82, 2.24) is 9.62 Å². The van der Waals surface area contributed by atoms with E-state index in [2.05, 4.69) is 9.62 Å². The Labute approximate surface area is 127 Å². The van der Waals surface area contributed by atoms with Crippen LogP contribution >= 0.6 is 0 Å². The molecule has 1 aliphatic heterocycles. The van der Waals surface area contributed by atoms with E-state index in [0.717, 1.165) is 37.2 Å². The molecule has 1 aromatic rings. The van der Waals surface area contributed by atoms with Crippen LogP contribution in [0.3, 0.4) is 0 Å². The molecule has 3 N–H and O–H groups in total. The second-order valence-electron chi connectivity index (χ2n) is 5.76. The van der Waals surface area contributed by atoms with Crippen molar-refractivity contribution in [2.45, 2.75) is 38.0 Å². The third kappa shape index (κ3) is 4.18. The molecule has 1 saturated heterocycles. The molecule has 0 radical (unpaired) electrons. The van der Waals surface area contributed by atoms with Crippen molar-refractivity contribution in [3.05, 3.63) is 23.3 Å². The van der Waals surface area contributed by atoms with Gasteiger partial charge in [0.1, 0.15) is 0 Å². The van der Waals surface area contributed by atoms with Gasteiger partial charge in [0.05, 0.1) is 4.90 Å². The van der Waals surface area contributed by atoms with Crippen molar-refractivity contribution in [3.63, 3.8) is 0 Å². The first kappa shape index (κ1) is 16.3. The van der Waals surface area contributed by atoms with Crippen molar-refractivity contribution in [3.8, 4) is 0 Å². The van der Waals surface area contributed by atoms with Crippen molar-refractivity contribution in [2.24, 2.45) is 0 Å². The molecule has 1 heterocycles. The summed E-state index contributed by atoms with van der Waals surface area (Å²) in [5.41, 5.74) is 7.90. The number of hydrogen-bond donors (Lipinski definition) is 2. The summed E-state index contributed by atoms with van der Waals surface area (Å²) in [6.45, 7) is 7.38. The number of anilines is 1. The van der Waals surface area contributed by atoms with E-state index in [1.807, 2.05) is 13.8 Å². The summed E-state index contributed by atoms with van der Waals surface area (Å²) >= 11 is 0. The molecule has 2 rings (SSSR count). The molecule has 6 heteroatoms. The van der Waals surface area contributed by atoms with Gasteiger partial charge in [-0.3, -0.25) is 0 Å². The maximum absolute atomic E-state index is 12.4. The SMILES string of the molecule is Cc1cc(N)cc(S(=O)(=O)NCCCN2CCCC2)c1C. The van der Waals surface area contributed by atoms with Gasteiger partial charge in [-0.2, -0.15) is 0 Å². The molecule has 0 aromatic heterocycles. The number of nitrogens with one attached hydrogen (secondary N) is 1. The van der Waals surface area contributed by atoms with Crippen LogP contribution in [0.1, 0.15) is 30.4 Å². The molecule has 1 aliphatic rings. The molecule has 1 fully saturated rings. The van der Waals surface area contributed by atoms with E-state index >= 15 is 0 Å². The third-order valence-electron chi connectivity index (χ3n) is 4.07. The van der Waals surface area contributed by atoms with Crippen molar-refractivity contribution in [1.29, 1.82) is 0 Å². The molecule has 1 aromatic carbocycles. The highest BCUT2D eigenvalue weighted by atomic mass is 32.2. The second-order valence-corrected chi connectivity index (χ2v) is 7.50. The number of aryl methyl sites for hydroxylation is 1. The van der Waals surface area contributed by atoms with Gasteiger partial charge in [0.2, 0.25) is 10.0 Å². The normalized spacial score (nSPS) is 16.5. The number of benzene rings is 1. The quantitative estimate of drug-likeness (QED) is 0.619. The minimum atomic E-state index is -3.48. The minimum Gasteiger partial charge on any atom is -0.399 e. The van der Waals surface area contributed by atoms with Crippen LogP contribution in [0.5, 0.6) is 0 Å². The van der Waals surface area contributed by atoms with E-state index < -0.39 is 10.0 Å². The molecular weight excluding hydrogens is 286 g/mol. The van der Waals surface area contributed by atoms with E-state index in [9.17, 15) is 8.42 Å². The fraction of sp³-hybridized carbons (Fsp3) is 0.600. The van der Waals surface area contributed by atoms with Crippen LogP contribution < -0.4 is 10.5 Å². The smallest absolute Gasteiger partial charge is 0.240 e. The summed E-state index contributed by atoms with van der Waals surface area (Å²) in [5, 5.41) is 0. The molecule has 0 unspecified atom stereocenters. The topological polar surface area (TPSA) is 75.4 Å². The zero-order valence-corrected chi connectivity index (χ0v) is 13.7. The van der Waals surface area contributed by atoms with Gasteiger partial charge in [0.25, 0.3) is 0 Å². The number of nitrogen functional groups attached to an aromatic ring is 1. The number of nitrogens with two attached hydrogens (primary N) is 1. The van der Waals surface area contributed by atoms with Gasteiger partial charge in [0, 0.05) is 12.2 Å². The Balaban J connectivity index is 1.95. The molecule has 5 nitrogen and oxygen atoms in total. The molecule has 118 valence electrons. The molecular formula is C15H25N3O2S. The van der Waals surface area contributed by atoms with E-state index in [1.165, 1.54) is 18.9 Å². The van der Waals surface area contributed by atoms with Crippen LogP contribution in [0.4, 0.5) is 5.69 Å². The highest BCUT2D eigenvalue weighted by Crippen LogP contribution is 2.22. The van der Waals surface area contributed by atoms with Crippen LogP contribution in [0, 0.1) is 13.8 Å². The average molecular weight is 311 g/mol. The van der Waals surface area contributed by atoms with E-state index in [0.29, 0.717) is 17.1 Å². The number of likely N-dealkylation sites (tertiary alicyclic amines) is 1. The van der Waals surface area contributed by atoms with Gasteiger partial charge in [-0.25, -0.2) is 13.1 Å². The van der Waals surface area contributed by atoms with Gasteiger partial charge in [-0.15, -0.1) is 0 Å². The maximum Gasteiger partial charge on any atom is 0.240 e.